The molecule has 6 nitrogen and oxygen atoms in total. The summed E-state index contributed by atoms with van der Waals surface area (Å²) >= 11 is 0. The van der Waals surface area contributed by atoms with Crippen LogP contribution in [0.15, 0.2) is 57.7 Å². The molecule has 4 rings (SSSR count). The van der Waals surface area contributed by atoms with Gasteiger partial charge in [0.25, 0.3) is 0 Å². The maximum atomic E-state index is 12.5. The van der Waals surface area contributed by atoms with Crippen molar-refractivity contribution in [2.45, 2.75) is 6.42 Å². The molecule has 0 saturated carbocycles. The van der Waals surface area contributed by atoms with Crippen LogP contribution in [0.2, 0.25) is 0 Å². The Kier molecular flexibility index (Phi) is 5.71. The molecule has 2 heterocycles. The Morgan fingerprint density at radius 3 is 2.52 bits per heavy atom. The van der Waals surface area contributed by atoms with Gasteiger partial charge in [-0.15, -0.1) is 0 Å². The SMILES string of the molecule is COc1cccc(N2CCN(CCc3cc(=O)c4c(OC)cccc4o3)CC2)c1. The Morgan fingerprint density at radius 1 is 0.966 bits per heavy atom. The zero-order valence-corrected chi connectivity index (χ0v) is 16.9. The van der Waals surface area contributed by atoms with E-state index in [1.165, 1.54) is 5.69 Å². The molecule has 0 spiro atoms. The number of anilines is 1. The highest BCUT2D eigenvalue weighted by atomic mass is 16.5. The summed E-state index contributed by atoms with van der Waals surface area (Å²) in [6.45, 7) is 4.74. The number of hydrogen-bond acceptors (Lipinski definition) is 6. The van der Waals surface area contributed by atoms with E-state index in [0.29, 0.717) is 28.9 Å². The molecular formula is C23H26N2O4. The molecule has 152 valence electrons. The second kappa shape index (κ2) is 8.57. The van der Waals surface area contributed by atoms with E-state index in [2.05, 4.69) is 21.9 Å². The van der Waals surface area contributed by atoms with Crippen molar-refractivity contribution in [3.05, 3.63) is 64.5 Å². The number of fused-ring (bicyclic) bond motifs is 1. The Hall–Kier alpha value is -2.99. The van der Waals surface area contributed by atoms with Crippen LogP contribution >= 0.6 is 0 Å². The van der Waals surface area contributed by atoms with E-state index in [4.69, 9.17) is 13.9 Å². The molecule has 0 bridgehead atoms. The van der Waals surface area contributed by atoms with Gasteiger partial charge >= 0.3 is 0 Å². The van der Waals surface area contributed by atoms with E-state index in [-0.39, 0.29) is 5.43 Å². The maximum Gasteiger partial charge on any atom is 0.196 e. The van der Waals surface area contributed by atoms with Crippen LogP contribution in [0, 0.1) is 0 Å². The Morgan fingerprint density at radius 2 is 1.76 bits per heavy atom. The molecule has 1 fully saturated rings. The summed E-state index contributed by atoms with van der Waals surface area (Å²) in [5.41, 5.74) is 1.72. The topological polar surface area (TPSA) is 55.2 Å². The largest absolute Gasteiger partial charge is 0.497 e. The fraction of sp³-hybridized carbons (Fsp3) is 0.348. The van der Waals surface area contributed by atoms with Gasteiger partial charge in [-0.25, -0.2) is 0 Å². The third kappa shape index (κ3) is 4.22. The molecule has 2 aromatic carbocycles. The molecule has 3 aromatic rings. The van der Waals surface area contributed by atoms with Crippen LogP contribution in [0.4, 0.5) is 5.69 Å². The van der Waals surface area contributed by atoms with E-state index in [1.54, 1.807) is 26.4 Å². The van der Waals surface area contributed by atoms with E-state index in [0.717, 1.165) is 38.5 Å². The molecule has 6 heteroatoms. The summed E-state index contributed by atoms with van der Waals surface area (Å²) in [7, 11) is 3.26. The number of ether oxygens (including phenoxy) is 2. The van der Waals surface area contributed by atoms with E-state index < -0.39 is 0 Å². The summed E-state index contributed by atoms with van der Waals surface area (Å²) in [4.78, 5) is 17.3. The molecule has 0 unspecified atom stereocenters. The molecule has 1 saturated heterocycles. The van der Waals surface area contributed by atoms with E-state index in [9.17, 15) is 4.79 Å². The highest BCUT2D eigenvalue weighted by molar-refractivity contribution is 5.83. The first-order valence-electron chi connectivity index (χ1n) is 9.89. The molecule has 1 aliphatic heterocycles. The summed E-state index contributed by atoms with van der Waals surface area (Å²) in [6.07, 6.45) is 0.710. The fourth-order valence-corrected chi connectivity index (χ4v) is 3.83. The average molecular weight is 394 g/mol. The second-order valence-electron chi connectivity index (χ2n) is 7.19. The van der Waals surface area contributed by atoms with Gasteiger partial charge < -0.3 is 18.8 Å². The van der Waals surface area contributed by atoms with Crippen molar-refractivity contribution in [2.24, 2.45) is 0 Å². The van der Waals surface area contributed by atoms with Crippen LogP contribution in [0.25, 0.3) is 11.0 Å². The highest BCUT2D eigenvalue weighted by Crippen LogP contribution is 2.24. The standard InChI is InChI=1S/C23H26N2O4/c1-27-18-6-3-5-17(15-18)25-13-11-24(12-14-25)10-9-19-16-20(26)23-21(28-2)7-4-8-22(23)29-19/h3-8,15-16H,9-14H2,1-2H3. The third-order valence-corrected chi connectivity index (χ3v) is 5.45. The minimum Gasteiger partial charge on any atom is -0.497 e. The fourth-order valence-electron chi connectivity index (χ4n) is 3.83. The monoisotopic (exact) mass is 394 g/mol. The minimum absolute atomic E-state index is 0.0541. The number of benzene rings is 2. The zero-order chi connectivity index (χ0) is 20.2. The normalized spacial score (nSPS) is 14.9. The van der Waals surface area contributed by atoms with Gasteiger partial charge in [-0.1, -0.05) is 12.1 Å². The lowest BCUT2D eigenvalue weighted by molar-refractivity contribution is 0.255. The van der Waals surface area contributed by atoms with Gasteiger partial charge in [-0.3, -0.25) is 9.69 Å². The van der Waals surface area contributed by atoms with Crippen LogP contribution < -0.4 is 19.8 Å². The summed E-state index contributed by atoms with van der Waals surface area (Å²) in [5, 5.41) is 0.505. The van der Waals surface area contributed by atoms with Gasteiger partial charge in [0.05, 0.1) is 14.2 Å². The van der Waals surface area contributed by atoms with Crippen molar-refractivity contribution in [2.75, 3.05) is 51.8 Å². The molecule has 0 amide bonds. The highest BCUT2D eigenvalue weighted by Gasteiger charge is 2.18. The molecule has 29 heavy (non-hydrogen) atoms. The van der Waals surface area contributed by atoms with Crippen LogP contribution in [0.1, 0.15) is 5.76 Å². The summed E-state index contributed by atoms with van der Waals surface area (Å²) in [6, 6.07) is 15.2. The van der Waals surface area contributed by atoms with Crippen LogP contribution in [0.5, 0.6) is 11.5 Å². The number of piperazine rings is 1. The lowest BCUT2D eigenvalue weighted by Gasteiger charge is -2.36. The van der Waals surface area contributed by atoms with Crippen LogP contribution in [-0.2, 0) is 6.42 Å². The second-order valence-corrected chi connectivity index (χ2v) is 7.19. The first-order valence-corrected chi connectivity index (χ1v) is 9.89. The lowest BCUT2D eigenvalue weighted by Crippen LogP contribution is -2.47. The van der Waals surface area contributed by atoms with Crippen molar-refractivity contribution >= 4 is 16.7 Å². The van der Waals surface area contributed by atoms with E-state index >= 15 is 0 Å². The molecule has 1 aliphatic rings. The van der Waals surface area contributed by atoms with Crippen molar-refractivity contribution in [3.8, 4) is 11.5 Å². The summed E-state index contributed by atoms with van der Waals surface area (Å²) in [5.74, 6) is 2.15. The number of hydrogen-bond donors (Lipinski definition) is 0. The molecule has 0 N–H and O–H groups in total. The quantitative estimate of drug-likeness (QED) is 0.640. The van der Waals surface area contributed by atoms with Gasteiger partial charge in [-0.05, 0) is 24.3 Å². The Balaban J connectivity index is 1.37. The smallest absolute Gasteiger partial charge is 0.196 e. The van der Waals surface area contributed by atoms with Gasteiger partial charge in [0.2, 0.25) is 0 Å². The number of rotatable bonds is 6. The van der Waals surface area contributed by atoms with Gasteiger partial charge in [-0.2, -0.15) is 0 Å². The zero-order valence-electron chi connectivity index (χ0n) is 16.9. The predicted octanol–water partition coefficient (Wildman–Crippen LogP) is 3.17. The third-order valence-electron chi connectivity index (χ3n) is 5.45. The molecular weight excluding hydrogens is 368 g/mol. The Labute approximate surface area is 170 Å². The maximum absolute atomic E-state index is 12.5. The lowest BCUT2D eigenvalue weighted by atomic mass is 10.1. The van der Waals surface area contributed by atoms with Crippen molar-refractivity contribution in [1.29, 1.82) is 0 Å². The predicted molar refractivity (Wildman–Crippen MR) is 114 cm³/mol. The number of nitrogens with zero attached hydrogens (tertiary/aromatic N) is 2. The Bertz CT molecular complexity index is 1040. The van der Waals surface area contributed by atoms with Gasteiger partial charge in [0.15, 0.2) is 5.43 Å². The van der Waals surface area contributed by atoms with Crippen molar-refractivity contribution in [1.82, 2.24) is 4.90 Å². The summed E-state index contributed by atoms with van der Waals surface area (Å²) < 4.78 is 16.6. The van der Waals surface area contributed by atoms with Gasteiger partial charge in [0.1, 0.15) is 28.2 Å². The molecule has 1 aromatic heterocycles. The molecule has 0 radical (unpaired) electrons. The van der Waals surface area contributed by atoms with Crippen LogP contribution in [0.3, 0.4) is 0 Å². The van der Waals surface area contributed by atoms with Crippen molar-refractivity contribution in [3.63, 3.8) is 0 Å². The van der Waals surface area contributed by atoms with Crippen LogP contribution in [-0.4, -0.2) is 51.8 Å². The van der Waals surface area contributed by atoms with Crippen molar-refractivity contribution < 1.29 is 13.9 Å². The molecule has 0 atom stereocenters. The average Bonchev–Trinajstić information content (AvgIpc) is 2.77. The molecule has 0 aliphatic carbocycles. The number of methoxy groups -OCH3 is 2. The minimum atomic E-state index is -0.0541. The van der Waals surface area contributed by atoms with E-state index in [1.807, 2.05) is 24.3 Å². The van der Waals surface area contributed by atoms with Gasteiger partial charge in [0, 0.05) is 57.0 Å². The first kappa shape index (κ1) is 19.3. The first-order chi connectivity index (χ1) is 14.2.